The molecule has 3 amide bonds. The molecule has 7 heteroatoms. The minimum Gasteiger partial charge on any atom is -0.445 e. The Morgan fingerprint density at radius 3 is 1.67 bits per heavy atom. The van der Waals surface area contributed by atoms with Gasteiger partial charge in [-0.05, 0) is 27.8 Å². The normalized spacial score (nSPS) is 12.1. The lowest BCUT2D eigenvalue weighted by molar-refractivity contribution is -0.128. The Balaban J connectivity index is 1.42. The fourth-order valence-electron chi connectivity index (χ4n) is 4.16. The van der Waals surface area contributed by atoms with Gasteiger partial charge in [-0.3, -0.25) is 9.59 Å². The minimum atomic E-state index is -0.974. The Hall–Kier alpha value is -4.91. The Bertz CT molecular complexity index is 1360. The summed E-state index contributed by atoms with van der Waals surface area (Å²) in [6, 6.07) is 34.3. The first-order chi connectivity index (χ1) is 19.0. The number of rotatable bonds is 11. The van der Waals surface area contributed by atoms with Crippen molar-refractivity contribution in [3.8, 4) is 11.1 Å². The molecule has 0 fully saturated rings. The molecule has 198 valence electrons. The van der Waals surface area contributed by atoms with E-state index in [4.69, 9.17) is 10.5 Å². The number of benzene rings is 4. The maximum atomic E-state index is 13.3. The summed E-state index contributed by atoms with van der Waals surface area (Å²) in [5.41, 5.74) is 10.3. The number of alkyl carbamates (subject to hydrolysis) is 1. The maximum absolute atomic E-state index is 13.3. The second-order valence-electron chi connectivity index (χ2n) is 9.18. The lowest BCUT2D eigenvalue weighted by Crippen LogP contribution is -2.54. The van der Waals surface area contributed by atoms with Crippen LogP contribution in [0.4, 0.5) is 4.79 Å². The molecule has 4 rings (SSSR count). The third kappa shape index (κ3) is 8.30. The predicted molar refractivity (Wildman–Crippen MR) is 150 cm³/mol. The molecular formula is C32H31N3O4. The number of hydrogen-bond donors (Lipinski definition) is 3. The average molecular weight is 522 g/mol. The van der Waals surface area contributed by atoms with Crippen molar-refractivity contribution in [1.29, 1.82) is 0 Å². The number of carbonyl (C=O) groups excluding carboxylic acids is 3. The number of primary amides is 1. The van der Waals surface area contributed by atoms with Crippen molar-refractivity contribution in [3.63, 3.8) is 0 Å². The molecule has 0 unspecified atom stereocenters. The summed E-state index contributed by atoms with van der Waals surface area (Å²) in [6.07, 6.45) is -0.307. The van der Waals surface area contributed by atoms with E-state index in [1.807, 2.05) is 115 Å². The van der Waals surface area contributed by atoms with Crippen molar-refractivity contribution in [3.05, 3.63) is 132 Å². The fourth-order valence-corrected chi connectivity index (χ4v) is 4.16. The second kappa shape index (κ2) is 13.6. The molecule has 0 saturated heterocycles. The van der Waals surface area contributed by atoms with Gasteiger partial charge in [0.05, 0.1) is 0 Å². The monoisotopic (exact) mass is 521 g/mol. The van der Waals surface area contributed by atoms with Gasteiger partial charge < -0.3 is 21.1 Å². The Kier molecular flexibility index (Phi) is 9.45. The SMILES string of the molecule is NC(=O)[C@H](Cc1ccc(-c2ccccc2)cc1)NC(=O)[C@@H](Cc1ccccc1)NC(=O)OCc1ccccc1. The summed E-state index contributed by atoms with van der Waals surface area (Å²) in [7, 11) is 0. The van der Waals surface area contributed by atoms with Crippen LogP contribution in [0.25, 0.3) is 11.1 Å². The summed E-state index contributed by atoms with van der Waals surface area (Å²) < 4.78 is 5.32. The highest BCUT2D eigenvalue weighted by Gasteiger charge is 2.26. The van der Waals surface area contributed by atoms with Crippen LogP contribution in [0, 0.1) is 0 Å². The molecule has 0 radical (unpaired) electrons. The number of amides is 3. The van der Waals surface area contributed by atoms with Crippen LogP contribution in [-0.4, -0.2) is 30.0 Å². The van der Waals surface area contributed by atoms with Gasteiger partial charge in [0, 0.05) is 12.8 Å². The first-order valence-corrected chi connectivity index (χ1v) is 12.7. The number of carbonyl (C=O) groups is 3. The Morgan fingerprint density at radius 2 is 1.08 bits per heavy atom. The maximum Gasteiger partial charge on any atom is 0.408 e. The van der Waals surface area contributed by atoms with E-state index in [0.717, 1.165) is 27.8 Å². The van der Waals surface area contributed by atoms with Gasteiger partial charge in [-0.2, -0.15) is 0 Å². The molecule has 0 saturated carbocycles. The molecule has 0 bridgehead atoms. The summed E-state index contributed by atoms with van der Waals surface area (Å²) in [6.45, 7) is 0.0647. The standard InChI is InChI=1S/C32H31N3O4/c33-30(36)28(20-24-16-18-27(19-17-24)26-14-8-3-9-15-26)34-31(37)29(21-23-10-4-1-5-11-23)35-32(38)39-22-25-12-6-2-7-13-25/h1-19,28-29H,20-22H2,(H2,33,36)(H,34,37)(H,35,38)/t28-,29+/m0/s1. The molecule has 39 heavy (non-hydrogen) atoms. The summed E-state index contributed by atoms with van der Waals surface area (Å²) in [5, 5.41) is 5.37. The van der Waals surface area contributed by atoms with E-state index in [1.54, 1.807) is 0 Å². The topological polar surface area (TPSA) is 111 Å². The molecular weight excluding hydrogens is 490 g/mol. The molecule has 0 aliphatic rings. The van der Waals surface area contributed by atoms with Crippen LogP contribution < -0.4 is 16.4 Å². The predicted octanol–water partition coefficient (Wildman–Crippen LogP) is 4.40. The first kappa shape index (κ1) is 27.1. The van der Waals surface area contributed by atoms with Crippen molar-refractivity contribution in [2.75, 3.05) is 0 Å². The highest BCUT2D eigenvalue weighted by atomic mass is 16.5. The molecule has 0 aliphatic heterocycles. The molecule has 4 aromatic rings. The van der Waals surface area contributed by atoms with Crippen molar-refractivity contribution in [2.24, 2.45) is 5.73 Å². The van der Waals surface area contributed by atoms with Crippen LogP contribution in [0.1, 0.15) is 16.7 Å². The number of ether oxygens (including phenoxy) is 1. The average Bonchev–Trinajstić information content (AvgIpc) is 2.97. The van der Waals surface area contributed by atoms with Gasteiger partial charge in [0.2, 0.25) is 11.8 Å². The third-order valence-electron chi connectivity index (χ3n) is 6.26. The summed E-state index contributed by atoms with van der Waals surface area (Å²) >= 11 is 0. The van der Waals surface area contributed by atoms with Crippen molar-refractivity contribution in [2.45, 2.75) is 31.5 Å². The van der Waals surface area contributed by atoms with Crippen LogP contribution in [0.3, 0.4) is 0 Å². The Morgan fingerprint density at radius 1 is 0.590 bits per heavy atom. The smallest absolute Gasteiger partial charge is 0.408 e. The van der Waals surface area contributed by atoms with E-state index < -0.39 is 30.0 Å². The molecule has 7 nitrogen and oxygen atoms in total. The van der Waals surface area contributed by atoms with Gasteiger partial charge in [-0.1, -0.05) is 115 Å². The fraction of sp³-hybridized carbons (Fsp3) is 0.156. The zero-order valence-electron chi connectivity index (χ0n) is 21.5. The highest BCUT2D eigenvalue weighted by Crippen LogP contribution is 2.20. The van der Waals surface area contributed by atoms with Gasteiger partial charge in [-0.25, -0.2) is 4.79 Å². The van der Waals surface area contributed by atoms with Gasteiger partial charge in [0.25, 0.3) is 0 Å². The van der Waals surface area contributed by atoms with Crippen LogP contribution in [0.15, 0.2) is 115 Å². The number of nitrogens with one attached hydrogen (secondary N) is 2. The molecule has 2 atom stereocenters. The second-order valence-corrected chi connectivity index (χ2v) is 9.18. The zero-order valence-corrected chi connectivity index (χ0v) is 21.5. The van der Waals surface area contributed by atoms with E-state index >= 15 is 0 Å². The van der Waals surface area contributed by atoms with E-state index in [1.165, 1.54) is 0 Å². The van der Waals surface area contributed by atoms with Crippen molar-refractivity contribution in [1.82, 2.24) is 10.6 Å². The number of nitrogens with two attached hydrogens (primary N) is 1. The summed E-state index contributed by atoms with van der Waals surface area (Å²) in [4.78, 5) is 38.2. The molecule has 0 aromatic heterocycles. The quantitative estimate of drug-likeness (QED) is 0.272. The van der Waals surface area contributed by atoms with Crippen LogP contribution >= 0.6 is 0 Å². The van der Waals surface area contributed by atoms with E-state index in [0.29, 0.717) is 0 Å². The van der Waals surface area contributed by atoms with Crippen molar-refractivity contribution < 1.29 is 19.1 Å². The largest absolute Gasteiger partial charge is 0.445 e. The minimum absolute atomic E-state index is 0.0647. The van der Waals surface area contributed by atoms with Crippen molar-refractivity contribution >= 4 is 17.9 Å². The van der Waals surface area contributed by atoms with E-state index in [2.05, 4.69) is 10.6 Å². The molecule has 0 spiro atoms. The first-order valence-electron chi connectivity index (χ1n) is 12.7. The lowest BCUT2D eigenvalue weighted by atomic mass is 9.99. The van der Waals surface area contributed by atoms with E-state index in [-0.39, 0.29) is 19.4 Å². The van der Waals surface area contributed by atoms with Gasteiger partial charge in [-0.15, -0.1) is 0 Å². The van der Waals surface area contributed by atoms with E-state index in [9.17, 15) is 14.4 Å². The van der Waals surface area contributed by atoms with Gasteiger partial charge >= 0.3 is 6.09 Å². The zero-order chi connectivity index (χ0) is 27.5. The number of hydrogen-bond acceptors (Lipinski definition) is 4. The molecule has 0 heterocycles. The molecule has 0 aliphatic carbocycles. The third-order valence-corrected chi connectivity index (χ3v) is 6.26. The van der Waals surface area contributed by atoms with Crippen LogP contribution in [-0.2, 0) is 33.8 Å². The molecule has 4 aromatic carbocycles. The highest BCUT2D eigenvalue weighted by molar-refractivity contribution is 5.91. The Labute approximate surface area is 228 Å². The van der Waals surface area contributed by atoms with Gasteiger partial charge in [0.15, 0.2) is 0 Å². The van der Waals surface area contributed by atoms with Gasteiger partial charge in [0.1, 0.15) is 18.7 Å². The molecule has 4 N–H and O–H groups in total. The summed E-state index contributed by atoms with van der Waals surface area (Å²) in [5.74, 6) is -1.19. The lowest BCUT2D eigenvalue weighted by Gasteiger charge is -2.22. The van der Waals surface area contributed by atoms with Crippen LogP contribution in [0.2, 0.25) is 0 Å². The van der Waals surface area contributed by atoms with Crippen LogP contribution in [0.5, 0.6) is 0 Å².